The number of aromatic nitrogens is 5. The molecule has 0 fully saturated rings. The molecule has 2 aromatic heterocycles. The van der Waals surface area contributed by atoms with E-state index in [4.69, 9.17) is 5.73 Å². The van der Waals surface area contributed by atoms with E-state index >= 15 is 0 Å². The molecule has 0 bridgehead atoms. The van der Waals surface area contributed by atoms with Crippen LogP contribution in [0.4, 0.5) is 10.8 Å². The van der Waals surface area contributed by atoms with Crippen molar-refractivity contribution in [3.8, 4) is 11.4 Å². The van der Waals surface area contributed by atoms with E-state index in [9.17, 15) is 4.79 Å². The Balaban J connectivity index is 1.31. The summed E-state index contributed by atoms with van der Waals surface area (Å²) in [7, 11) is 0. The Labute approximate surface area is 204 Å². The Morgan fingerprint density at radius 1 is 1.09 bits per heavy atom. The Hall–Kier alpha value is -2.89. The number of hydrogen-bond donors (Lipinski definition) is 2. The first-order chi connectivity index (χ1) is 16.0. The van der Waals surface area contributed by atoms with E-state index in [1.165, 1.54) is 34.2 Å². The second-order valence-electron chi connectivity index (χ2n) is 7.16. The van der Waals surface area contributed by atoms with Crippen molar-refractivity contribution in [1.29, 1.82) is 0 Å². The van der Waals surface area contributed by atoms with Crippen LogP contribution in [0.3, 0.4) is 0 Å². The zero-order valence-electron chi connectivity index (χ0n) is 18.2. The van der Waals surface area contributed by atoms with Gasteiger partial charge in [-0.15, -0.1) is 20.4 Å². The standard InChI is InChI=1S/C22H23N7OS3/c1-3-29-19(16-7-9-17(23)10-8-16)25-27-21(29)31-13-18(30)24-20-26-28-22(33-20)32-12-15-6-4-5-14(2)11-15/h4-11H,3,12-13,23H2,1-2H3,(H,24,26,30). The predicted octanol–water partition coefficient (Wildman–Crippen LogP) is 4.73. The van der Waals surface area contributed by atoms with Crippen LogP contribution in [-0.2, 0) is 17.1 Å². The van der Waals surface area contributed by atoms with Crippen LogP contribution >= 0.6 is 34.9 Å². The Morgan fingerprint density at radius 3 is 2.67 bits per heavy atom. The van der Waals surface area contributed by atoms with Gasteiger partial charge in [-0.05, 0) is 43.7 Å². The van der Waals surface area contributed by atoms with Crippen LogP contribution in [-0.4, -0.2) is 36.6 Å². The molecule has 2 heterocycles. The van der Waals surface area contributed by atoms with Crippen LogP contribution in [0.15, 0.2) is 58.0 Å². The van der Waals surface area contributed by atoms with E-state index in [0.29, 0.717) is 22.5 Å². The largest absolute Gasteiger partial charge is 0.399 e. The summed E-state index contributed by atoms with van der Waals surface area (Å²) in [6.45, 7) is 4.78. The van der Waals surface area contributed by atoms with Gasteiger partial charge >= 0.3 is 0 Å². The van der Waals surface area contributed by atoms with Crippen molar-refractivity contribution in [1.82, 2.24) is 25.0 Å². The second-order valence-corrected chi connectivity index (χ2v) is 10.3. The molecule has 0 unspecified atom stereocenters. The molecule has 0 aliphatic rings. The SMILES string of the molecule is CCn1c(SCC(=O)Nc2nnc(SCc3cccc(C)c3)s2)nnc1-c1ccc(N)cc1. The fraction of sp³-hybridized carbons (Fsp3) is 0.227. The predicted molar refractivity (Wildman–Crippen MR) is 136 cm³/mol. The van der Waals surface area contributed by atoms with Crippen molar-refractivity contribution in [2.75, 3.05) is 16.8 Å². The molecule has 4 rings (SSSR count). The second kappa shape index (κ2) is 10.8. The zero-order chi connectivity index (χ0) is 23.2. The third-order valence-electron chi connectivity index (χ3n) is 4.63. The molecule has 0 saturated heterocycles. The first-order valence-corrected chi connectivity index (χ1v) is 13.0. The zero-order valence-corrected chi connectivity index (χ0v) is 20.6. The number of thioether (sulfide) groups is 2. The number of rotatable bonds is 9. The van der Waals surface area contributed by atoms with Crippen LogP contribution in [0.1, 0.15) is 18.1 Å². The Bertz CT molecular complexity index is 1240. The molecular formula is C22H23N7OS3. The first-order valence-electron chi connectivity index (χ1n) is 10.3. The van der Waals surface area contributed by atoms with Gasteiger partial charge in [-0.1, -0.05) is 64.7 Å². The molecular weight excluding hydrogens is 474 g/mol. The van der Waals surface area contributed by atoms with Crippen molar-refractivity contribution in [3.63, 3.8) is 0 Å². The van der Waals surface area contributed by atoms with Gasteiger partial charge in [-0.3, -0.25) is 10.1 Å². The third-order valence-corrected chi connectivity index (χ3v) is 7.64. The molecule has 0 aliphatic carbocycles. The highest BCUT2D eigenvalue weighted by Crippen LogP contribution is 2.29. The number of benzene rings is 2. The fourth-order valence-electron chi connectivity index (χ4n) is 3.08. The number of anilines is 2. The highest BCUT2D eigenvalue weighted by molar-refractivity contribution is 8.00. The molecule has 3 N–H and O–H groups in total. The molecule has 4 aromatic rings. The maximum absolute atomic E-state index is 12.5. The van der Waals surface area contributed by atoms with Crippen LogP contribution in [0.5, 0.6) is 0 Å². The van der Waals surface area contributed by atoms with Crippen LogP contribution in [0.2, 0.25) is 0 Å². The van der Waals surface area contributed by atoms with E-state index in [2.05, 4.69) is 50.8 Å². The average Bonchev–Trinajstić information content (AvgIpc) is 3.43. The summed E-state index contributed by atoms with van der Waals surface area (Å²) < 4.78 is 2.80. The molecule has 0 atom stereocenters. The lowest BCUT2D eigenvalue weighted by Crippen LogP contribution is -2.14. The minimum atomic E-state index is -0.161. The summed E-state index contributed by atoms with van der Waals surface area (Å²) in [6.07, 6.45) is 0. The fourth-order valence-corrected chi connectivity index (χ4v) is 5.59. The van der Waals surface area contributed by atoms with E-state index in [-0.39, 0.29) is 11.7 Å². The van der Waals surface area contributed by atoms with Crippen molar-refractivity contribution in [2.24, 2.45) is 0 Å². The van der Waals surface area contributed by atoms with Gasteiger partial charge in [0.25, 0.3) is 0 Å². The van der Waals surface area contributed by atoms with Gasteiger partial charge in [0, 0.05) is 23.5 Å². The minimum Gasteiger partial charge on any atom is -0.399 e. The molecule has 2 aromatic carbocycles. The molecule has 11 heteroatoms. The number of nitrogen functional groups attached to an aromatic ring is 1. The maximum atomic E-state index is 12.5. The van der Waals surface area contributed by atoms with E-state index in [1.807, 2.05) is 41.8 Å². The monoisotopic (exact) mass is 497 g/mol. The minimum absolute atomic E-state index is 0.161. The van der Waals surface area contributed by atoms with Crippen LogP contribution in [0.25, 0.3) is 11.4 Å². The summed E-state index contributed by atoms with van der Waals surface area (Å²) in [4.78, 5) is 12.5. The van der Waals surface area contributed by atoms with Gasteiger partial charge in [0.1, 0.15) is 0 Å². The lowest BCUT2D eigenvalue weighted by atomic mass is 10.2. The number of carbonyl (C=O) groups is 1. The maximum Gasteiger partial charge on any atom is 0.236 e. The Morgan fingerprint density at radius 2 is 1.91 bits per heavy atom. The number of hydrogen-bond acceptors (Lipinski definition) is 9. The normalized spacial score (nSPS) is 11.0. The highest BCUT2D eigenvalue weighted by Gasteiger charge is 2.15. The molecule has 0 radical (unpaired) electrons. The van der Waals surface area contributed by atoms with E-state index in [0.717, 1.165) is 21.5 Å². The van der Waals surface area contributed by atoms with Gasteiger partial charge in [-0.2, -0.15) is 0 Å². The van der Waals surface area contributed by atoms with Crippen LogP contribution < -0.4 is 11.1 Å². The number of carbonyl (C=O) groups excluding carboxylic acids is 1. The summed E-state index contributed by atoms with van der Waals surface area (Å²) in [5.41, 5.74) is 9.86. The molecule has 170 valence electrons. The van der Waals surface area contributed by atoms with Gasteiger partial charge < -0.3 is 10.3 Å². The summed E-state index contributed by atoms with van der Waals surface area (Å²) in [5, 5.41) is 20.8. The summed E-state index contributed by atoms with van der Waals surface area (Å²) in [5.74, 6) is 1.60. The number of nitrogens with zero attached hydrogens (tertiary/aromatic N) is 5. The van der Waals surface area contributed by atoms with E-state index < -0.39 is 0 Å². The molecule has 1 amide bonds. The van der Waals surface area contributed by atoms with Crippen molar-refractivity contribution in [3.05, 3.63) is 59.7 Å². The van der Waals surface area contributed by atoms with Crippen molar-refractivity contribution < 1.29 is 4.79 Å². The lowest BCUT2D eigenvalue weighted by molar-refractivity contribution is -0.113. The average molecular weight is 498 g/mol. The van der Waals surface area contributed by atoms with Gasteiger partial charge in [0.15, 0.2) is 15.3 Å². The quantitative estimate of drug-likeness (QED) is 0.194. The smallest absolute Gasteiger partial charge is 0.236 e. The molecule has 0 spiro atoms. The molecule has 0 aliphatic heterocycles. The number of aryl methyl sites for hydroxylation is 1. The van der Waals surface area contributed by atoms with E-state index in [1.54, 1.807) is 11.8 Å². The van der Waals surface area contributed by atoms with Crippen molar-refractivity contribution in [2.45, 2.75) is 35.6 Å². The summed E-state index contributed by atoms with van der Waals surface area (Å²) in [6, 6.07) is 15.9. The molecule has 8 nitrogen and oxygen atoms in total. The summed E-state index contributed by atoms with van der Waals surface area (Å²) >= 11 is 4.32. The lowest BCUT2D eigenvalue weighted by Gasteiger charge is -2.07. The molecule has 0 saturated carbocycles. The number of amides is 1. The van der Waals surface area contributed by atoms with Gasteiger partial charge in [-0.25, -0.2) is 0 Å². The topological polar surface area (TPSA) is 112 Å². The van der Waals surface area contributed by atoms with Gasteiger partial charge in [0.2, 0.25) is 11.0 Å². The highest BCUT2D eigenvalue weighted by atomic mass is 32.2. The van der Waals surface area contributed by atoms with Gasteiger partial charge in [0.05, 0.1) is 5.75 Å². The van der Waals surface area contributed by atoms with Crippen LogP contribution in [0, 0.1) is 6.92 Å². The van der Waals surface area contributed by atoms with Crippen molar-refractivity contribution >= 4 is 51.6 Å². The number of nitrogens with two attached hydrogens (primary N) is 1. The third kappa shape index (κ3) is 6.12. The number of nitrogens with one attached hydrogen (secondary N) is 1. The first kappa shape index (κ1) is 23.3. The Kier molecular flexibility index (Phi) is 7.63. The molecule has 33 heavy (non-hydrogen) atoms.